The normalized spacial score (nSPS) is 25.8. The Bertz CT molecular complexity index is 949. The molecular weight excluding hydrogens is 394 g/mol. The van der Waals surface area contributed by atoms with Gasteiger partial charge in [-0.15, -0.1) is 0 Å². The summed E-state index contributed by atoms with van der Waals surface area (Å²) in [5.41, 5.74) is 3.57. The predicted octanol–water partition coefficient (Wildman–Crippen LogP) is 1.21. The number of quaternary nitrogens is 2. The lowest BCUT2D eigenvalue weighted by molar-refractivity contribution is -0.918. The Hall–Kier alpha value is -2.29. The molecule has 0 saturated carbocycles. The lowest BCUT2D eigenvalue weighted by Gasteiger charge is -2.41. The summed E-state index contributed by atoms with van der Waals surface area (Å²) in [6, 6.07) is 12.0. The monoisotopic (exact) mass is 415 g/mol. The van der Waals surface area contributed by atoms with Crippen LogP contribution in [0.3, 0.4) is 0 Å². The van der Waals surface area contributed by atoms with Gasteiger partial charge in [-0.05, 0) is 29.3 Å². The third-order valence-corrected chi connectivity index (χ3v) is 5.96. The van der Waals surface area contributed by atoms with E-state index in [-0.39, 0.29) is 32.0 Å². The third-order valence-electron chi connectivity index (χ3n) is 5.70. The van der Waals surface area contributed by atoms with E-state index in [9.17, 15) is 20.0 Å². The molecule has 2 heterocycles. The maximum absolute atomic E-state index is 13.2. The number of hydrogen-bond donors (Lipinski definition) is 2. The van der Waals surface area contributed by atoms with Crippen LogP contribution in [-0.4, -0.2) is 29.0 Å². The predicted molar refractivity (Wildman–Crippen MR) is 107 cm³/mol. The Kier molecular flexibility index (Phi) is 5.42. The molecule has 8 heteroatoms. The van der Waals surface area contributed by atoms with Crippen LogP contribution in [0.4, 0.5) is 0 Å². The molecule has 2 aliphatic heterocycles. The maximum Gasteiger partial charge on any atom is 0.370 e. The highest BCUT2D eigenvalue weighted by atomic mass is 35.5. The van der Waals surface area contributed by atoms with Crippen LogP contribution in [0.25, 0.3) is 0 Å². The van der Waals surface area contributed by atoms with Gasteiger partial charge in [-0.25, -0.2) is 4.79 Å². The van der Waals surface area contributed by atoms with Crippen LogP contribution in [0, 0.1) is 10.4 Å². The van der Waals surface area contributed by atoms with Gasteiger partial charge in [0, 0.05) is 22.7 Å². The van der Waals surface area contributed by atoms with Crippen molar-refractivity contribution in [3.63, 3.8) is 0 Å². The zero-order valence-corrected chi connectivity index (χ0v) is 16.6. The van der Waals surface area contributed by atoms with E-state index in [1.54, 1.807) is 12.1 Å². The highest BCUT2D eigenvalue weighted by molar-refractivity contribution is 6.30. The molecule has 0 bridgehead atoms. The third kappa shape index (κ3) is 4.19. The molecule has 0 aliphatic carbocycles. The Morgan fingerprint density at radius 1 is 1.14 bits per heavy atom. The SMILES string of the molecule is O=C(Cc1ccc(Cl)cc1)NCc1ccc2c(c1)C[N+]([O-])(C1CC[NH+]([O-])C1=O)C2. The van der Waals surface area contributed by atoms with Crippen LogP contribution in [0.2, 0.25) is 5.02 Å². The summed E-state index contributed by atoms with van der Waals surface area (Å²) < 4.78 is -0.674. The number of rotatable bonds is 5. The molecule has 2 aliphatic rings. The van der Waals surface area contributed by atoms with Gasteiger partial charge in [0.1, 0.15) is 13.1 Å². The van der Waals surface area contributed by atoms with Crippen LogP contribution in [-0.2, 0) is 35.6 Å². The van der Waals surface area contributed by atoms with E-state index in [4.69, 9.17) is 11.6 Å². The van der Waals surface area contributed by atoms with Crippen LogP contribution >= 0.6 is 11.6 Å². The summed E-state index contributed by atoms with van der Waals surface area (Å²) in [5.74, 6) is -0.626. The lowest BCUT2D eigenvalue weighted by Crippen LogP contribution is -3.08. The molecule has 2 aromatic carbocycles. The van der Waals surface area contributed by atoms with Crippen LogP contribution in [0.1, 0.15) is 28.7 Å². The first-order chi connectivity index (χ1) is 13.8. The fourth-order valence-corrected chi connectivity index (χ4v) is 4.28. The fourth-order valence-electron chi connectivity index (χ4n) is 4.15. The molecule has 1 fully saturated rings. The first kappa shape index (κ1) is 20.0. The number of amides is 2. The minimum Gasteiger partial charge on any atom is -0.632 e. The molecule has 1 saturated heterocycles. The Morgan fingerprint density at radius 2 is 1.83 bits per heavy atom. The van der Waals surface area contributed by atoms with E-state index in [1.807, 2.05) is 30.3 Å². The Morgan fingerprint density at radius 3 is 2.52 bits per heavy atom. The summed E-state index contributed by atoms with van der Waals surface area (Å²) in [6.07, 6.45) is 0.600. The van der Waals surface area contributed by atoms with Crippen molar-refractivity contribution in [3.05, 3.63) is 80.2 Å². The maximum atomic E-state index is 13.2. The topological polar surface area (TPSA) is 96.7 Å². The van der Waals surface area contributed by atoms with E-state index in [0.29, 0.717) is 18.0 Å². The minimum atomic E-state index is -0.780. The van der Waals surface area contributed by atoms with E-state index in [1.165, 1.54) is 0 Å². The molecule has 7 nitrogen and oxygen atoms in total. The van der Waals surface area contributed by atoms with Crippen LogP contribution in [0.15, 0.2) is 42.5 Å². The summed E-state index contributed by atoms with van der Waals surface area (Å²) >= 11 is 5.85. The van der Waals surface area contributed by atoms with E-state index < -0.39 is 21.7 Å². The molecule has 2 amide bonds. The minimum absolute atomic E-state index is 0.100. The number of carbonyl (C=O) groups is 2. The molecule has 3 atom stereocenters. The number of hydrogen-bond acceptors (Lipinski definition) is 4. The van der Waals surface area contributed by atoms with Crippen molar-refractivity contribution in [2.75, 3.05) is 6.54 Å². The van der Waals surface area contributed by atoms with Gasteiger partial charge in [-0.2, -0.15) is 0 Å². The number of benzene rings is 2. The highest BCUT2D eigenvalue weighted by Crippen LogP contribution is 2.34. The van der Waals surface area contributed by atoms with Crippen molar-refractivity contribution >= 4 is 23.4 Å². The number of hydroxylamine groups is 5. The molecule has 0 spiro atoms. The van der Waals surface area contributed by atoms with Gasteiger partial charge in [-0.1, -0.05) is 35.9 Å². The average Bonchev–Trinajstić information content (AvgIpc) is 3.21. The van der Waals surface area contributed by atoms with Gasteiger partial charge in [0.25, 0.3) is 0 Å². The summed E-state index contributed by atoms with van der Waals surface area (Å²) in [7, 11) is 0. The number of nitrogens with zero attached hydrogens (tertiary/aromatic N) is 1. The second-order valence-corrected chi connectivity index (χ2v) is 8.23. The number of nitrogens with one attached hydrogen (secondary N) is 2. The Balaban J connectivity index is 1.37. The lowest BCUT2D eigenvalue weighted by atomic mass is 10.1. The summed E-state index contributed by atoms with van der Waals surface area (Å²) in [5, 5.41) is 27.9. The van der Waals surface area contributed by atoms with Crippen LogP contribution in [0.5, 0.6) is 0 Å². The summed E-state index contributed by atoms with van der Waals surface area (Å²) in [6.45, 7) is 0.931. The number of halogens is 1. The van der Waals surface area contributed by atoms with Crippen molar-refractivity contribution in [3.8, 4) is 0 Å². The smallest absolute Gasteiger partial charge is 0.370 e. The standard InChI is InChI=1S/C21H22ClN3O4/c22-18-5-2-14(3-6-18)10-20(26)23-11-15-1-4-16-12-25(29,13-17(16)9-15)19-7-8-24(28)21(19)27/h1-6,9,19,24H,7-8,10-13H2,(H,23,26). The molecule has 3 unspecified atom stereocenters. The van der Waals surface area contributed by atoms with Crippen molar-refractivity contribution in [2.24, 2.45) is 0 Å². The van der Waals surface area contributed by atoms with E-state index in [0.717, 1.165) is 22.3 Å². The average molecular weight is 416 g/mol. The second kappa shape index (κ2) is 7.85. The van der Waals surface area contributed by atoms with Gasteiger partial charge >= 0.3 is 5.91 Å². The van der Waals surface area contributed by atoms with Gasteiger partial charge in [0.15, 0.2) is 0 Å². The molecule has 29 heavy (non-hydrogen) atoms. The second-order valence-electron chi connectivity index (χ2n) is 7.79. The zero-order valence-electron chi connectivity index (χ0n) is 15.8. The highest BCUT2D eigenvalue weighted by Gasteiger charge is 2.47. The first-order valence-electron chi connectivity index (χ1n) is 9.61. The number of carbonyl (C=O) groups excluding carboxylic acids is 2. The molecule has 2 N–H and O–H groups in total. The van der Waals surface area contributed by atoms with Crippen molar-refractivity contribution in [2.45, 2.75) is 38.5 Å². The molecule has 4 rings (SSSR count). The molecule has 0 radical (unpaired) electrons. The Labute approximate surface area is 173 Å². The largest absolute Gasteiger partial charge is 0.632 e. The van der Waals surface area contributed by atoms with E-state index in [2.05, 4.69) is 5.32 Å². The summed E-state index contributed by atoms with van der Waals surface area (Å²) in [4.78, 5) is 24.2. The number of fused-ring (bicyclic) bond motifs is 1. The quantitative estimate of drug-likeness (QED) is 0.566. The zero-order chi connectivity index (χ0) is 20.6. The molecule has 0 aromatic heterocycles. The van der Waals surface area contributed by atoms with Crippen molar-refractivity contribution < 1.29 is 19.3 Å². The van der Waals surface area contributed by atoms with Gasteiger partial charge in [0.05, 0.1) is 19.4 Å². The van der Waals surface area contributed by atoms with Gasteiger partial charge in [0.2, 0.25) is 11.9 Å². The van der Waals surface area contributed by atoms with E-state index >= 15 is 0 Å². The van der Waals surface area contributed by atoms with Crippen molar-refractivity contribution in [1.82, 2.24) is 5.32 Å². The molecule has 2 aromatic rings. The van der Waals surface area contributed by atoms with Gasteiger partial charge in [-0.3, -0.25) is 4.79 Å². The molecule has 152 valence electrons. The first-order valence-corrected chi connectivity index (χ1v) is 9.98. The van der Waals surface area contributed by atoms with Gasteiger partial charge < -0.3 is 25.4 Å². The van der Waals surface area contributed by atoms with Crippen molar-refractivity contribution in [1.29, 1.82) is 0 Å². The fraction of sp³-hybridized carbons (Fsp3) is 0.333. The van der Waals surface area contributed by atoms with Crippen LogP contribution < -0.4 is 10.4 Å². The molecular formula is C21H22ClN3O4.